The van der Waals surface area contributed by atoms with Crippen LogP contribution in [-0.2, 0) is 10.0 Å². The summed E-state index contributed by atoms with van der Waals surface area (Å²) >= 11 is 0. The lowest BCUT2D eigenvalue weighted by Crippen LogP contribution is -2.15. The lowest BCUT2D eigenvalue weighted by atomic mass is 10.1. The molecular weight excluding hydrogens is 286 g/mol. The first kappa shape index (κ1) is 15.3. The number of aromatic nitrogens is 1. The Kier molecular flexibility index (Phi) is 4.47. The molecule has 2 aromatic rings. The Morgan fingerprint density at radius 3 is 2.52 bits per heavy atom. The molecular formula is C15H19N3O2S. The van der Waals surface area contributed by atoms with Gasteiger partial charge in [-0.25, -0.2) is 13.4 Å². The number of rotatable bonds is 5. The van der Waals surface area contributed by atoms with Gasteiger partial charge in [-0.2, -0.15) is 0 Å². The van der Waals surface area contributed by atoms with Gasteiger partial charge in [-0.3, -0.25) is 4.72 Å². The second kappa shape index (κ2) is 6.13. The van der Waals surface area contributed by atoms with E-state index >= 15 is 0 Å². The molecule has 0 radical (unpaired) electrons. The van der Waals surface area contributed by atoms with Crippen molar-refractivity contribution in [2.75, 3.05) is 15.8 Å². The summed E-state index contributed by atoms with van der Waals surface area (Å²) < 4.78 is 25.3. The largest absolute Gasteiger partial charge is 0.354 e. The minimum atomic E-state index is -3.29. The van der Waals surface area contributed by atoms with Gasteiger partial charge in [0.25, 0.3) is 0 Å². The Bertz CT molecular complexity index is 725. The summed E-state index contributed by atoms with van der Waals surface area (Å²) in [6, 6.07) is 9.47. The van der Waals surface area contributed by atoms with E-state index in [1.165, 1.54) is 11.1 Å². The van der Waals surface area contributed by atoms with Crippen LogP contribution in [0, 0.1) is 13.8 Å². The van der Waals surface area contributed by atoms with Crippen LogP contribution in [0.3, 0.4) is 0 Å². The van der Waals surface area contributed by atoms with Gasteiger partial charge in [0.1, 0.15) is 5.82 Å². The fraction of sp³-hybridized carbons (Fsp3) is 0.267. The predicted molar refractivity (Wildman–Crippen MR) is 86.5 cm³/mol. The number of anilines is 3. The van der Waals surface area contributed by atoms with Gasteiger partial charge in [-0.1, -0.05) is 12.1 Å². The first-order valence-electron chi connectivity index (χ1n) is 6.71. The maximum atomic E-state index is 11.5. The van der Waals surface area contributed by atoms with E-state index in [0.717, 1.165) is 11.4 Å². The van der Waals surface area contributed by atoms with E-state index in [2.05, 4.69) is 34.9 Å². The lowest BCUT2D eigenvalue weighted by Gasteiger charge is -2.12. The van der Waals surface area contributed by atoms with Crippen molar-refractivity contribution in [3.63, 3.8) is 0 Å². The topological polar surface area (TPSA) is 71.1 Å². The van der Waals surface area contributed by atoms with E-state index < -0.39 is 10.0 Å². The molecule has 0 amide bonds. The molecule has 0 saturated heterocycles. The molecule has 2 rings (SSSR count). The summed E-state index contributed by atoms with van der Waals surface area (Å²) in [6.45, 7) is 5.69. The molecule has 2 N–H and O–H groups in total. The normalized spacial score (nSPS) is 11.2. The van der Waals surface area contributed by atoms with E-state index in [1.54, 1.807) is 25.3 Å². The molecule has 0 fully saturated rings. The third-order valence-electron chi connectivity index (χ3n) is 3.29. The zero-order valence-electron chi connectivity index (χ0n) is 12.3. The van der Waals surface area contributed by atoms with Gasteiger partial charge in [0.05, 0.1) is 17.6 Å². The summed E-state index contributed by atoms with van der Waals surface area (Å²) in [5, 5.41) is 3.28. The summed E-state index contributed by atoms with van der Waals surface area (Å²) in [5.41, 5.74) is 4.20. The molecule has 1 aromatic carbocycles. The maximum Gasteiger partial charge on any atom is 0.233 e. The minimum absolute atomic E-state index is 0.0250. The highest BCUT2D eigenvalue weighted by Crippen LogP contribution is 2.22. The second-order valence-corrected chi connectivity index (χ2v) is 6.82. The van der Waals surface area contributed by atoms with Gasteiger partial charge < -0.3 is 5.32 Å². The molecule has 0 aliphatic carbocycles. The highest BCUT2D eigenvalue weighted by atomic mass is 32.2. The van der Waals surface area contributed by atoms with Crippen molar-refractivity contribution in [1.29, 1.82) is 0 Å². The van der Waals surface area contributed by atoms with E-state index in [0.29, 0.717) is 5.82 Å². The van der Waals surface area contributed by atoms with Crippen LogP contribution in [0.4, 0.5) is 17.2 Å². The average Bonchev–Trinajstić information content (AvgIpc) is 2.46. The monoisotopic (exact) mass is 305 g/mol. The van der Waals surface area contributed by atoms with Crippen LogP contribution in [-0.4, -0.2) is 19.2 Å². The Morgan fingerprint density at radius 2 is 1.90 bits per heavy atom. The van der Waals surface area contributed by atoms with Crippen molar-refractivity contribution < 1.29 is 8.42 Å². The summed E-state index contributed by atoms with van der Waals surface area (Å²) in [7, 11) is -3.29. The van der Waals surface area contributed by atoms with Crippen LogP contribution in [0.2, 0.25) is 0 Å². The smallest absolute Gasteiger partial charge is 0.233 e. The highest BCUT2D eigenvalue weighted by molar-refractivity contribution is 7.92. The van der Waals surface area contributed by atoms with Crippen LogP contribution in [0.5, 0.6) is 0 Å². The van der Waals surface area contributed by atoms with Crippen molar-refractivity contribution in [3.8, 4) is 0 Å². The number of sulfonamides is 1. The molecule has 21 heavy (non-hydrogen) atoms. The highest BCUT2D eigenvalue weighted by Gasteiger charge is 2.07. The van der Waals surface area contributed by atoms with Gasteiger partial charge in [0.2, 0.25) is 10.0 Å². The minimum Gasteiger partial charge on any atom is -0.354 e. The van der Waals surface area contributed by atoms with Crippen molar-refractivity contribution in [1.82, 2.24) is 4.98 Å². The molecule has 0 atom stereocenters. The van der Waals surface area contributed by atoms with Crippen molar-refractivity contribution in [3.05, 3.63) is 47.7 Å². The van der Waals surface area contributed by atoms with Crippen LogP contribution in [0.15, 0.2) is 36.5 Å². The Balaban J connectivity index is 2.15. The number of hydrogen-bond acceptors (Lipinski definition) is 4. The number of benzene rings is 1. The van der Waals surface area contributed by atoms with Gasteiger partial charge in [0.15, 0.2) is 0 Å². The standard InChI is InChI=1S/C15H19N3O2S/c1-4-21(19,20)18-15-9-8-13(10-16-15)17-14-7-5-6-11(2)12(14)3/h5-10,17H,4H2,1-3H3,(H,16,18). The number of aryl methyl sites for hydroxylation is 1. The molecule has 5 nitrogen and oxygen atoms in total. The maximum absolute atomic E-state index is 11.5. The van der Waals surface area contributed by atoms with Crippen molar-refractivity contribution in [2.24, 2.45) is 0 Å². The second-order valence-electron chi connectivity index (χ2n) is 4.81. The van der Waals surface area contributed by atoms with E-state index in [9.17, 15) is 8.42 Å². The first-order valence-corrected chi connectivity index (χ1v) is 8.36. The van der Waals surface area contributed by atoms with Crippen LogP contribution >= 0.6 is 0 Å². The zero-order chi connectivity index (χ0) is 15.5. The van der Waals surface area contributed by atoms with Crippen LogP contribution < -0.4 is 10.0 Å². The number of nitrogens with one attached hydrogen (secondary N) is 2. The van der Waals surface area contributed by atoms with Gasteiger partial charge in [0, 0.05) is 5.69 Å². The van der Waals surface area contributed by atoms with Crippen LogP contribution in [0.25, 0.3) is 0 Å². The molecule has 112 valence electrons. The molecule has 0 aliphatic rings. The third kappa shape index (κ3) is 3.95. The molecule has 0 spiro atoms. The molecule has 0 aliphatic heterocycles. The molecule has 1 aromatic heterocycles. The first-order chi connectivity index (χ1) is 9.91. The predicted octanol–water partition coefficient (Wildman–Crippen LogP) is 3.20. The van der Waals surface area contributed by atoms with E-state index in [-0.39, 0.29) is 5.75 Å². The van der Waals surface area contributed by atoms with E-state index in [4.69, 9.17) is 0 Å². The Morgan fingerprint density at radius 1 is 1.14 bits per heavy atom. The summed E-state index contributed by atoms with van der Waals surface area (Å²) in [4.78, 5) is 4.11. The number of nitrogens with zero attached hydrogens (tertiary/aromatic N) is 1. The molecule has 6 heteroatoms. The van der Waals surface area contributed by atoms with Gasteiger partial charge in [-0.05, 0) is 50.1 Å². The van der Waals surface area contributed by atoms with Crippen LogP contribution in [0.1, 0.15) is 18.1 Å². The molecule has 0 unspecified atom stereocenters. The molecule has 1 heterocycles. The third-order valence-corrected chi connectivity index (χ3v) is 4.57. The fourth-order valence-corrected chi connectivity index (χ4v) is 2.39. The zero-order valence-corrected chi connectivity index (χ0v) is 13.2. The summed E-state index contributed by atoms with van der Waals surface area (Å²) in [5.74, 6) is 0.348. The summed E-state index contributed by atoms with van der Waals surface area (Å²) in [6.07, 6.45) is 1.61. The number of pyridine rings is 1. The van der Waals surface area contributed by atoms with Gasteiger partial charge in [-0.15, -0.1) is 0 Å². The lowest BCUT2D eigenvalue weighted by molar-refractivity contribution is 0.602. The molecule has 0 saturated carbocycles. The van der Waals surface area contributed by atoms with Crippen molar-refractivity contribution in [2.45, 2.75) is 20.8 Å². The van der Waals surface area contributed by atoms with Crippen molar-refractivity contribution >= 4 is 27.2 Å². The van der Waals surface area contributed by atoms with E-state index in [1.807, 2.05) is 12.1 Å². The van der Waals surface area contributed by atoms with Gasteiger partial charge >= 0.3 is 0 Å². The quantitative estimate of drug-likeness (QED) is 0.890. The number of hydrogen-bond donors (Lipinski definition) is 2. The molecule has 0 bridgehead atoms. The Labute approximate surface area is 125 Å². The Hall–Kier alpha value is -2.08. The SMILES string of the molecule is CCS(=O)(=O)Nc1ccc(Nc2cccc(C)c2C)cn1. The fourth-order valence-electron chi connectivity index (χ4n) is 1.80. The average molecular weight is 305 g/mol.